The molecule has 0 spiro atoms. The van der Waals surface area contributed by atoms with Gasteiger partial charge in [-0.15, -0.1) is 0 Å². The van der Waals surface area contributed by atoms with Crippen molar-refractivity contribution in [1.82, 2.24) is 10.2 Å². The number of imide groups is 2. The van der Waals surface area contributed by atoms with Gasteiger partial charge in [0.05, 0.1) is 43.2 Å². The van der Waals surface area contributed by atoms with E-state index in [1.165, 1.54) is 6.07 Å². The maximum absolute atomic E-state index is 13.1. The molecule has 0 aromatic heterocycles. The molecule has 1 aromatic rings. The Morgan fingerprint density at radius 1 is 0.972 bits per heavy atom. The SMILES string of the molecule is CCOCCOCCOCCCCCC(=O)Nc1cccc2c1C(=O)N(C1CCC(=O)NC1=O)C2=O. The molecule has 0 radical (unpaired) electrons. The van der Waals surface area contributed by atoms with Crippen molar-refractivity contribution in [2.75, 3.05) is 45.0 Å². The summed E-state index contributed by atoms with van der Waals surface area (Å²) in [5.74, 6) is -2.65. The number of amides is 5. The molecule has 2 N–H and O–H groups in total. The molecule has 5 amide bonds. The van der Waals surface area contributed by atoms with Gasteiger partial charge in [0.2, 0.25) is 17.7 Å². The van der Waals surface area contributed by atoms with Gasteiger partial charge >= 0.3 is 0 Å². The van der Waals surface area contributed by atoms with E-state index in [9.17, 15) is 24.0 Å². The third-order valence-electron chi connectivity index (χ3n) is 5.88. The summed E-state index contributed by atoms with van der Waals surface area (Å²) in [5.41, 5.74) is 0.428. The normalized spacial score (nSPS) is 17.4. The average molecular weight is 504 g/mol. The fraction of sp³-hybridized carbons (Fsp3) is 0.560. The van der Waals surface area contributed by atoms with Crippen LogP contribution < -0.4 is 10.6 Å². The summed E-state index contributed by atoms with van der Waals surface area (Å²) in [6.07, 6.45) is 2.61. The Bertz CT molecular complexity index is 980. The number of anilines is 1. The van der Waals surface area contributed by atoms with Crippen LogP contribution in [0.15, 0.2) is 18.2 Å². The second-order valence-electron chi connectivity index (χ2n) is 8.46. The van der Waals surface area contributed by atoms with E-state index < -0.39 is 29.7 Å². The second kappa shape index (κ2) is 13.8. The fourth-order valence-corrected chi connectivity index (χ4v) is 4.08. The highest BCUT2D eigenvalue weighted by atomic mass is 16.5. The quantitative estimate of drug-likeness (QED) is 0.272. The number of nitrogens with zero attached hydrogens (tertiary/aromatic N) is 1. The summed E-state index contributed by atoms with van der Waals surface area (Å²) in [6.45, 7) is 5.33. The van der Waals surface area contributed by atoms with Crippen LogP contribution in [-0.2, 0) is 28.6 Å². The third kappa shape index (κ3) is 7.19. The van der Waals surface area contributed by atoms with E-state index in [2.05, 4.69) is 10.6 Å². The van der Waals surface area contributed by atoms with Gasteiger partial charge in [0.1, 0.15) is 6.04 Å². The van der Waals surface area contributed by atoms with Gasteiger partial charge in [-0.2, -0.15) is 0 Å². The summed E-state index contributed by atoms with van der Waals surface area (Å²) in [4.78, 5) is 63.0. The maximum atomic E-state index is 13.1. The average Bonchev–Trinajstić information content (AvgIpc) is 3.10. The summed E-state index contributed by atoms with van der Waals surface area (Å²) in [7, 11) is 0. The summed E-state index contributed by atoms with van der Waals surface area (Å²) >= 11 is 0. The first-order chi connectivity index (χ1) is 17.4. The van der Waals surface area contributed by atoms with Crippen LogP contribution in [0.2, 0.25) is 0 Å². The first-order valence-corrected chi connectivity index (χ1v) is 12.3. The molecule has 2 heterocycles. The Morgan fingerprint density at radius 2 is 1.69 bits per heavy atom. The number of ether oxygens (including phenoxy) is 3. The van der Waals surface area contributed by atoms with E-state index in [-0.39, 0.29) is 42.0 Å². The lowest BCUT2D eigenvalue weighted by molar-refractivity contribution is -0.136. The molecule has 2 aliphatic rings. The Balaban J connectivity index is 1.41. The Morgan fingerprint density at radius 3 is 2.42 bits per heavy atom. The van der Waals surface area contributed by atoms with Crippen molar-refractivity contribution in [3.8, 4) is 0 Å². The molecule has 1 fully saturated rings. The Kier molecular flexibility index (Phi) is 10.5. The maximum Gasteiger partial charge on any atom is 0.264 e. The molecule has 0 saturated carbocycles. The smallest absolute Gasteiger partial charge is 0.264 e. The Hall–Kier alpha value is -3.15. The van der Waals surface area contributed by atoms with Crippen LogP contribution >= 0.6 is 0 Å². The topological polar surface area (TPSA) is 140 Å². The highest BCUT2D eigenvalue weighted by molar-refractivity contribution is 6.26. The van der Waals surface area contributed by atoms with Crippen molar-refractivity contribution in [3.05, 3.63) is 29.3 Å². The summed E-state index contributed by atoms with van der Waals surface area (Å²) < 4.78 is 16.0. The molecule has 36 heavy (non-hydrogen) atoms. The zero-order valence-corrected chi connectivity index (χ0v) is 20.5. The molecule has 1 saturated heterocycles. The highest BCUT2D eigenvalue weighted by Crippen LogP contribution is 2.32. The second-order valence-corrected chi connectivity index (χ2v) is 8.46. The molecule has 11 nitrogen and oxygen atoms in total. The highest BCUT2D eigenvalue weighted by Gasteiger charge is 2.45. The van der Waals surface area contributed by atoms with Crippen molar-refractivity contribution in [2.45, 2.75) is 51.5 Å². The lowest BCUT2D eigenvalue weighted by atomic mass is 10.0. The lowest BCUT2D eigenvalue weighted by Crippen LogP contribution is -2.54. The zero-order chi connectivity index (χ0) is 25.9. The summed E-state index contributed by atoms with van der Waals surface area (Å²) in [6, 6.07) is 3.56. The van der Waals surface area contributed by atoms with Crippen LogP contribution in [0, 0.1) is 0 Å². The molecular formula is C25H33N3O8. The first kappa shape index (κ1) is 27.4. The standard InChI is InChI=1S/C25H33N3O8/c1-2-34-13-14-36-16-15-35-12-5-3-4-9-20(29)26-18-8-6-7-17-22(18)25(33)28(24(17)32)19-10-11-21(30)27-23(19)31/h6-8,19H,2-5,9-16H2,1H3,(H,26,29)(H,27,30,31). The minimum absolute atomic E-state index is 0.0424. The number of benzene rings is 1. The molecule has 0 bridgehead atoms. The molecule has 1 unspecified atom stereocenters. The van der Waals surface area contributed by atoms with Crippen molar-refractivity contribution in [3.63, 3.8) is 0 Å². The van der Waals surface area contributed by atoms with Crippen LogP contribution in [0.3, 0.4) is 0 Å². The molecule has 11 heteroatoms. The number of carbonyl (C=O) groups excluding carboxylic acids is 5. The van der Waals surface area contributed by atoms with Gasteiger partial charge in [-0.25, -0.2) is 0 Å². The minimum Gasteiger partial charge on any atom is -0.379 e. The van der Waals surface area contributed by atoms with E-state index >= 15 is 0 Å². The lowest BCUT2D eigenvalue weighted by Gasteiger charge is -2.27. The van der Waals surface area contributed by atoms with Crippen LogP contribution in [0.1, 0.15) is 66.2 Å². The van der Waals surface area contributed by atoms with Gasteiger partial charge in [-0.1, -0.05) is 12.5 Å². The number of hydrogen-bond donors (Lipinski definition) is 2. The number of piperidine rings is 1. The first-order valence-electron chi connectivity index (χ1n) is 12.3. The van der Waals surface area contributed by atoms with Gasteiger partial charge < -0.3 is 19.5 Å². The van der Waals surface area contributed by atoms with Gasteiger partial charge in [-0.3, -0.25) is 34.2 Å². The van der Waals surface area contributed by atoms with E-state index in [1.54, 1.807) is 12.1 Å². The van der Waals surface area contributed by atoms with Crippen LogP contribution in [0.5, 0.6) is 0 Å². The molecule has 2 aliphatic heterocycles. The predicted octanol–water partition coefficient (Wildman–Crippen LogP) is 1.66. The molecule has 1 aromatic carbocycles. The Labute approximate surface area is 209 Å². The number of hydrogen-bond acceptors (Lipinski definition) is 8. The van der Waals surface area contributed by atoms with Crippen molar-refractivity contribution in [2.24, 2.45) is 0 Å². The molecule has 1 atom stereocenters. The van der Waals surface area contributed by atoms with Crippen molar-refractivity contribution < 1.29 is 38.2 Å². The molecule has 0 aliphatic carbocycles. The van der Waals surface area contributed by atoms with Crippen LogP contribution in [0.25, 0.3) is 0 Å². The molecular weight excluding hydrogens is 470 g/mol. The van der Waals surface area contributed by atoms with Gasteiger partial charge in [0.25, 0.3) is 11.8 Å². The minimum atomic E-state index is -1.05. The van der Waals surface area contributed by atoms with E-state index in [1.807, 2.05) is 6.92 Å². The van der Waals surface area contributed by atoms with Gasteiger partial charge in [-0.05, 0) is 38.3 Å². The predicted molar refractivity (Wildman–Crippen MR) is 128 cm³/mol. The number of nitrogens with one attached hydrogen (secondary N) is 2. The van der Waals surface area contributed by atoms with E-state index in [0.29, 0.717) is 46.1 Å². The molecule has 196 valence electrons. The monoisotopic (exact) mass is 503 g/mol. The third-order valence-corrected chi connectivity index (χ3v) is 5.88. The zero-order valence-electron chi connectivity index (χ0n) is 20.5. The number of fused-ring (bicyclic) bond motifs is 1. The van der Waals surface area contributed by atoms with E-state index in [4.69, 9.17) is 14.2 Å². The number of rotatable bonds is 15. The van der Waals surface area contributed by atoms with Crippen LogP contribution in [-0.4, -0.2) is 80.1 Å². The number of unbranched alkanes of at least 4 members (excludes halogenated alkanes) is 2. The number of carbonyl (C=O) groups is 5. The largest absolute Gasteiger partial charge is 0.379 e. The summed E-state index contributed by atoms with van der Waals surface area (Å²) in [5, 5.41) is 4.89. The van der Waals surface area contributed by atoms with E-state index in [0.717, 1.165) is 17.7 Å². The van der Waals surface area contributed by atoms with Gasteiger partial charge in [0.15, 0.2) is 0 Å². The van der Waals surface area contributed by atoms with Crippen LogP contribution in [0.4, 0.5) is 5.69 Å². The van der Waals surface area contributed by atoms with Crippen molar-refractivity contribution >= 4 is 35.2 Å². The van der Waals surface area contributed by atoms with Crippen molar-refractivity contribution in [1.29, 1.82) is 0 Å². The molecule has 3 rings (SSSR count). The fourth-order valence-electron chi connectivity index (χ4n) is 4.08. The van der Waals surface area contributed by atoms with Gasteiger partial charge in [0, 0.05) is 26.1 Å².